The third-order valence-electron chi connectivity index (χ3n) is 4.84. The maximum atomic E-state index is 9.07. The fraction of sp³-hybridized carbons (Fsp3) is 0.375. The van der Waals surface area contributed by atoms with E-state index in [0.717, 1.165) is 49.5 Å². The largest absolute Gasteiger partial charge is 0.493 e. The Balaban J connectivity index is 1.88. The molecule has 2 aromatic heterocycles. The van der Waals surface area contributed by atoms with Gasteiger partial charge in [-0.25, -0.2) is 4.98 Å². The molecule has 1 atom stereocenters. The molecule has 3 rings (SSSR count). The van der Waals surface area contributed by atoms with Crippen molar-refractivity contribution in [3.63, 3.8) is 0 Å². The van der Waals surface area contributed by atoms with Crippen molar-refractivity contribution in [3.05, 3.63) is 47.7 Å². The van der Waals surface area contributed by atoms with Gasteiger partial charge in [0.15, 0.2) is 0 Å². The normalized spacial score (nSPS) is 12.1. The first-order chi connectivity index (χ1) is 15.3. The maximum absolute atomic E-state index is 9.07. The molecule has 8 heteroatoms. The number of aliphatic hydroxyl groups excluding tert-OH is 1. The van der Waals surface area contributed by atoms with Crippen molar-refractivity contribution in [2.45, 2.75) is 46.2 Å². The monoisotopic (exact) mass is 453 g/mol. The van der Waals surface area contributed by atoms with Crippen LogP contribution in [-0.4, -0.2) is 45.6 Å². The Hall–Kier alpha value is -2.81. The molecule has 1 aromatic carbocycles. The molecule has 2 heterocycles. The number of hydrogen-bond donors (Lipinski definition) is 3. The Kier molecular flexibility index (Phi) is 7.95. The van der Waals surface area contributed by atoms with Gasteiger partial charge in [0.25, 0.3) is 0 Å². The maximum Gasteiger partial charge on any atom is 0.148 e. The second-order valence-corrected chi connectivity index (χ2v) is 9.06. The van der Waals surface area contributed by atoms with Gasteiger partial charge in [-0.2, -0.15) is 0 Å². The van der Waals surface area contributed by atoms with Gasteiger partial charge in [0.1, 0.15) is 21.6 Å². The van der Waals surface area contributed by atoms with Crippen LogP contribution in [0.25, 0.3) is 27.2 Å². The van der Waals surface area contributed by atoms with Gasteiger partial charge < -0.3 is 20.9 Å². The molecule has 0 fully saturated rings. The van der Waals surface area contributed by atoms with Crippen LogP contribution in [0.5, 0.6) is 5.75 Å². The van der Waals surface area contributed by atoms with Crippen molar-refractivity contribution in [3.8, 4) is 26.9 Å². The Morgan fingerprint density at radius 2 is 1.94 bits per heavy atom. The number of aryl methyl sites for hydroxylation is 2. The highest BCUT2D eigenvalue weighted by atomic mass is 32.1. The number of nitrogens with zero attached hydrogens (tertiary/aromatic N) is 3. The lowest BCUT2D eigenvalue weighted by Gasteiger charge is -2.14. The van der Waals surface area contributed by atoms with E-state index < -0.39 is 0 Å². The lowest BCUT2D eigenvalue weighted by atomic mass is 10.0. The molecule has 0 aliphatic carbocycles. The molecule has 0 radical (unpaired) electrons. The van der Waals surface area contributed by atoms with Crippen molar-refractivity contribution in [1.29, 1.82) is 0 Å². The Morgan fingerprint density at radius 1 is 1.19 bits per heavy atom. The quantitative estimate of drug-likeness (QED) is 0.417. The van der Waals surface area contributed by atoms with Crippen LogP contribution < -0.4 is 15.8 Å². The van der Waals surface area contributed by atoms with Gasteiger partial charge in [0.2, 0.25) is 0 Å². The average Bonchev–Trinajstić information content (AvgIpc) is 3.23. The molecule has 0 saturated carbocycles. The molecule has 32 heavy (non-hydrogen) atoms. The number of nitrogens with one attached hydrogen (secondary N) is 1. The Bertz CT molecular complexity index is 1080. The zero-order valence-electron chi connectivity index (χ0n) is 19.1. The summed E-state index contributed by atoms with van der Waals surface area (Å²) in [4.78, 5) is 4.55. The third kappa shape index (κ3) is 5.91. The van der Waals surface area contributed by atoms with Crippen molar-refractivity contribution < 1.29 is 9.84 Å². The van der Waals surface area contributed by atoms with Gasteiger partial charge in [0.05, 0.1) is 13.2 Å². The summed E-state index contributed by atoms with van der Waals surface area (Å²) in [5.74, 6) is 1.60. The summed E-state index contributed by atoms with van der Waals surface area (Å²) in [6.45, 7) is 12.5. The van der Waals surface area contributed by atoms with E-state index in [0.29, 0.717) is 19.1 Å². The topological polar surface area (TPSA) is 106 Å². The number of aromatic nitrogens is 3. The summed E-state index contributed by atoms with van der Waals surface area (Å²) in [7, 11) is 0. The number of nitrogens with two attached hydrogens (primary N) is 1. The average molecular weight is 454 g/mol. The number of benzene rings is 1. The minimum absolute atomic E-state index is 0.0510. The molecular formula is C24H31N5O2S. The molecule has 0 saturated heterocycles. The van der Waals surface area contributed by atoms with E-state index in [1.165, 1.54) is 11.3 Å². The zero-order chi connectivity index (χ0) is 23.3. The van der Waals surface area contributed by atoms with Crippen LogP contribution >= 0.6 is 11.3 Å². The van der Waals surface area contributed by atoms with Crippen LogP contribution in [0.1, 0.15) is 37.1 Å². The van der Waals surface area contributed by atoms with Gasteiger partial charge in [-0.05, 0) is 69.5 Å². The van der Waals surface area contributed by atoms with Crippen molar-refractivity contribution in [1.82, 2.24) is 15.2 Å². The summed E-state index contributed by atoms with van der Waals surface area (Å²) >= 11 is 1.53. The van der Waals surface area contributed by atoms with Crippen molar-refractivity contribution in [2.75, 3.05) is 18.5 Å². The van der Waals surface area contributed by atoms with E-state index in [2.05, 4.69) is 40.9 Å². The van der Waals surface area contributed by atoms with Crippen molar-refractivity contribution >= 4 is 23.2 Å². The molecule has 0 bridgehead atoms. The molecule has 0 unspecified atom stereocenters. The van der Waals surface area contributed by atoms with E-state index in [-0.39, 0.29) is 12.6 Å². The highest BCUT2D eigenvalue weighted by Crippen LogP contribution is 2.36. The number of anilines is 1. The summed E-state index contributed by atoms with van der Waals surface area (Å²) in [6.07, 6.45) is 2.38. The molecule has 0 aliphatic rings. The van der Waals surface area contributed by atoms with Gasteiger partial charge in [-0.1, -0.05) is 24.0 Å². The van der Waals surface area contributed by atoms with Crippen LogP contribution in [0.2, 0.25) is 0 Å². The van der Waals surface area contributed by atoms with Crippen LogP contribution in [-0.2, 0) is 0 Å². The standard InChI is InChI=1S/C24H31N5O2S/c1-6-17-11-21(31-8-7-19(25)13-30)15(4)9-20(17)24-29-28-23(32-24)18-10-16(5)27-22(12-18)26-14(2)3/h6,9-12,14,19,30H,1,7-8,13,25H2,2-5H3,(H,26,27)/t19-/m0/s1. The molecule has 170 valence electrons. The van der Waals surface area contributed by atoms with E-state index in [9.17, 15) is 0 Å². The molecule has 7 nitrogen and oxygen atoms in total. The minimum Gasteiger partial charge on any atom is -0.493 e. The SMILES string of the molecule is C=Cc1cc(OCC[C@H](N)CO)c(C)cc1-c1nnc(-c2cc(C)nc(NC(C)C)c2)s1. The molecule has 4 N–H and O–H groups in total. The van der Waals surface area contributed by atoms with Crippen LogP contribution in [0, 0.1) is 13.8 Å². The van der Waals surface area contributed by atoms with Gasteiger partial charge in [-0.3, -0.25) is 0 Å². The summed E-state index contributed by atoms with van der Waals surface area (Å²) in [5, 5.41) is 23.0. The first-order valence-corrected chi connectivity index (χ1v) is 11.5. The van der Waals surface area contributed by atoms with Crippen LogP contribution in [0.15, 0.2) is 30.8 Å². The number of ether oxygens (including phenoxy) is 1. The fourth-order valence-electron chi connectivity index (χ4n) is 3.24. The summed E-state index contributed by atoms with van der Waals surface area (Å²) in [6, 6.07) is 8.05. The fourth-order valence-corrected chi connectivity index (χ4v) is 4.10. The van der Waals surface area contributed by atoms with Crippen molar-refractivity contribution in [2.24, 2.45) is 5.73 Å². The van der Waals surface area contributed by atoms with E-state index in [4.69, 9.17) is 15.6 Å². The van der Waals surface area contributed by atoms with Crippen LogP contribution in [0.4, 0.5) is 5.82 Å². The van der Waals surface area contributed by atoms with Gasteiger partial charge in [-0.15, -0.1) is 10.2 Å². The predicted molar refractivity (Wildman–Crippen MR) is 132 cm³/mol. The highest BCUT2D eigenvalue weighted by Gasteiger charge is 2.15. The minimum atomic E-state index is -0.277. The first kappa shape index (κ1) is 23.8. The second-order valence-electron chi connectivity index (χ2n) is 8.08. The molecule has 0 amide bonds. The van der Waals surface area contributed by atoms with Gasteiger partial charge >= 0.3 is 0 Å². The highest BCUT2D eigenvalue weighted by molar-refractivity contribution is 7.18. The second kappa shape index (κ2) is 10.7. The Labute approximate surface area is 193 Å². The Morgan fingerprint density at radius 3 is 2.62 bits per heavy atom. The van der Waals surface area contributed by atoms with E-state index >= 15 is 0 Å². The number of hydrogen-bond acceptors (Lipinski definition) is 8. The molecule has 3 aromatic rings. The number of rotatable bonds is 10. The first-order valence-electron chi connectivity index (χ1n) is 10.7. The smallest absolute Gasteiger partial charge is 0.148 e. The van der Waals surface area contributed by atoms with E-state index in [1.54, 1.807) is 6.08 Å². The number of pyridine rings is 1. The lowest BCUT2D eigenvalue weighted by Crippen LogP contribution is -2.26. The molecule has 0 spiro atoms. The predicted octanol–water partition coefficient (Wildman–Crippen LogP) is 4.44. The zero-order valence-corrected chi connectivity index (χ0v) is 19.9. The summed E-state index contributed by atoms with van der Waals surface area (Å²) < 4.78 is 5.89. The van der Waals surface area contributed by atoms with Gasteiger partial charge in [0, 0.05) is 28.9 Å². The van der Waals surface area contributed by atoms with E-state index in [1.807, 2.05) is 38.1 Å². The lowest BCUT2D eigenvalue weighted by molar-refractivity contribution is 0.230. The number of aliphatic hydroxyl groups is 1. The molecular weight excluding hydrogens is 422 g/mol. The van der Waals surface area contributed by atoms with Crippen LogP contribution in [0.3, 0.4) is 0 Å². The summed E-state index contributed by atoms with van der Waals surface area (Å²) in [5.41, 5.74) is 10.5. The third-order valence-corrected chi connectivity index (χ3v) is 5.85. The molecule has 0 aliphatic heterocycles.